The summed E-state index contributed by atoms with van der Waals surface area (Å²) in [6.07, 6.45) is 8.35. The number of piperidine rings is 1. The van der Waals surface area contributed by atoms with Crippen LogP contribution in [0, 0.1) is 5.92 Å². The van der Waals surface area contributed by atoms with Crippen LogP contribution < -0.4 is 5.73 Å². The van der Waals surface area contributed by atoms with E-state index in [1.807, 2.05) is 0 Å². The number of likely N-dealkylation sites (tertiary alicyclic amines) is 1. The number of hydrogen-bond acceptors (Lipinski definition) is 2. The van der Waals surface area contributed by atoms with Gasteiger partial charge in [0, 0.05) is 18.6 Å². The van der Waals surface area contributed by atoms with Gasteiger partial charge in [0.25, 0.3) is 0 Å². The van der Waals surface area contributed by atoms with Gasteiger partial charge >= 0.3 is 0 Å². The molecule has 3 unspecified atom stereocenters. The molecule has 0 amide bonds. The van der Waals surface area contributed by atoms with Crippen molar-refractivity contribution in [3.63, 3.8) is 0 Å². The van der Waals surface area contributed by atoms with Gasteiger partial charge in [-0.1, -0.05) is 13.3 Å². The minimum atomic E-state index is 0.398. The maximum Gasteiger partial charge on any atom is 0.0165 e. The summed E-state index contributed by atoms with van der Waals surface area (Å²) in [6.45, 7) is 4.63. The summed E-state index contributed by atoms with van der Waals surface area (Å²) in [5, 5.41) is 0. The molecule has 2 rings (SSSR count). The predicted molar refractivity (Wildman–Crippen MR) is 60.2 cm³/mol. The fourth-order valence-electron chi connectivity index (χ4n) is 3.21. The maximum absolute atomic E-state index is 6.04. The molecular formula is C12H24N2. The second-order valence-corrected chi connectivity index (χ2v) is 5.06. The topological polar surface area (TPSA) is 29.3 Å². The van der Waals surface area contributed by atoms with Gasteiger partial charge in [-0.25, -0.2) is 0 Å². The average molecular weight is 196 g/mol. The number of rotatable bonds is 3. The van der Waals surface area contributed by atoms with E-state index in [4.69, 9.17) is 5.73 Å². The normalized spacial score (nSPS) is 35.6. The Morgan fingerprint density at radius 2 is 2.07 bits per heavy atom. The lowest BCUT2D eigenvalue weighted by Crippen LogP contribution is -2.47. The molecule has 1 aliphatic carbocycles. The Kier molecular flexibility index (Phi) is 3.45. The van der Waals surface area contributed by atoms with Gasteiger partial charge in [0.2, 0.25) is 0 Å². The molecule has 2 heteroatoms. The molecule has 2 N–H and O–H groups in total. The van der Waals surface area contributed by atoms with Crippen molar-refractivity contribution in [1.29, 1.82) is 0 Å². The SMILES string of the molecule is CCC(N)CN1CCCC2CCCC21. The second-order valence-electron chi connectivity index (χ2n) is 5.06. The first-order valence-electron chi connectivity index (χ1n) is 6.31. The Morgan fingerprint density at radius 1 is 1.29 bits per heavy atom. The summed E-state index contributed by atoms with van der Waals surface area (Å²) >= 11 is 0. The highest BCUT2D eigenvalue weighted by Gasteiger charge is 2.34. The van der Waals surface area contributed by atoms with E-state index in [-0.39, 0.29) is 0 Å². The molecule has 0 spiro atoms. The van der Waals surface area contributed by atoms with Crippen molar-refractivity contribution in [2.24, 2.45) is 11.7 Å². The van der Waals surface area contributed by atoms with E-state index in [1.165, 1.54) is 38.6 Å². The van der Waals surface area contributed by atoms with Gasteiger partial charge in [-0.2, -0.15) is 0 Å². The smallest absolute Gasteiger partial charge is 0.0165 e. The standard InChI is InChI=1S/C12H24N2/c1-2-11(13)9-14-8-4-6-10-5-3-7-12(10)14/h10-12H,2-9,13H2,1H3. The van der Waals surface area contributed by atoms with Crippen molar-refractivity contribution in [2.45, 2.75) is 57.5 Å². The molecule has 1 saturated carbocycles. The molecule has 0 bridgehead atoms. The number of nitrogens with two attached hydrogens (primary N) is 1. The first-order valence-corrected chi connectivity index (χ1v) is 6.31. The lowest BCUT2D eigenvalue weighted by atomic mass is 9.91. The van der Waals surface area contributed by atoms with Crippen molar-refractivity contribution < 1.29 is 0 Å². The third kappa shape index (κ3) is 2.12. The predicted octanol–water partition coefficient (Wildman–Crippen LogP) is 1.99. The quantitative estimate of drug-likeness (QED) is 0.748. The molecule has 1 aliphatic heterocycles. The van der Waals surface area contributed by atoms with E-state index in [0.717, 1.165) is 24.9 Å². The van der Waals surface area contributed by atoms with Crippen LogP contribution in [0.25, 0.3) is 0 Å². The monoisotopic (exact) mass is 196 g/mol. The Hall–Kier alpha value is -0.0800. The molecule has 0 radical (unpaired) electrons. The van der Waals surface area contributed by atoms with Crippen LogP contribution in [-0.2, 0) is 0 Å². The Balaban J connectivity index is 1.90. The van der Waals surface area contributed by atoms with Crippen LogP contribution in [-0.4, -0.2) is 30.1 Å². The molecule has 0 aromatic rings. The van der Waals surface area contributed by atoms with Crippen LogP contribution in [0.1, 0.15) is 45.4 Å². The van der Waals surface area contributed by atoms with Crippen molar-refractivity contribution in [1.82, 2.24) is 4.90 Å². The van der Waals surface area contributed by atoms with Gasteiger partial charge < -0.3 is 5.73 Å². The zero-order valence-electron chi connectivity index (χ0n) is 9.41. The molecule has 3 atom stereocenters. The molecule has 14 heavy (non-hydrogen) atoms. The zero-order valence-corrected chi connectivity index (χ0v) is 9.41. The second kappa shape index (κ2) is 4.63. The van der Waals surface area contributed by atoms with Crippen molar-refractivity contribution in [3.05, 3.63) is 0 Å². The zero-order chi connectivity index (χ0) is 9.97. The molecule has 2 aliphatic rings. The van der Waals surface area contributed by atoms with E-state index in [9.17, 15) is 0 Å². The van der Waals surface area contributed by atoms with Gasteiger partial charge in [0.1, 0.15) is 0 Å². The first-order chi connectivity index (χ1) is 6.81. The van der Waals surface area contributed by atoms with E-state index >= 15 is 0 Å². The summed E-state index contributed by atoms with van der Waals surface area (Å²) in [6, 6.07) is 1.29. The lowest BCUT2D eigenvalue weighted by molar-refractivity contribution is 0.106. The van der Waals surface area contributed by atoms with E-state index < -0.39 is 0 Å². The van der Waals surface area contributed by atoms with Gasteiger partial charge in [-0.05, 0) is 44.6 Å². The molecule has 0 aromatic heterocycles. The molecule has 0 aromatic carbocycles. The van der Waals surface area contributed by atoms with Gasteiger partial charge in [-0.15, -0.1) is 0 Å². The van der Waals surface area contributed by atoms with Crippen molar-refractivity contribution in [2.75, 3.05) is 13.1 Å². The fourth-order valence-corrected chi connectivity index (χ4v) is 3.21. The highest BCUT2D eigenvalue weighted by Crippen LogP contribution is 2.36. The molecule has 82 valence electrons. The summed E-state index contributed by atoms with van der Waals surface area (Å²) in [5.41, 5.74) is 6.04. The number of hydrogen-bond donors (Lipinski definition) is 1. The van der Waals surface area contributed by atoms with Crippen LogP contribution in [0.3, 0.4) is 0 Å². The molecule has 2 fully saturated rings. The molecule has 1 saturated heterocycles. The average Bonchev–Trinajstić information content (AvgIpc) is 2.66. The third-order valence-corrected chi connectivity index (χ3v) is 4.10. The Labute approximate surface area is 87.8 Å². The summed E-state index contributed by atoms with van der Waals surface area (Å²) < 4.78 is 0. The van der Waals surface area contributed by atoms with Crippen LogP contribution >= 0.6 is 0 Å². The van der Waals surface area contributed by atoms with E-state index in [2.05, 4.69) is 11.8 Å². The largest absolute Gasteiger partial charge is 0.327 e. The van der Waals surface area contributed by atoms with Crippen LogP contribution in [0.2, 0.25) is 0 Å². The van der Waals surface area contributed by atoms with Crippen molar-refractivity contribution in [3.8, 4) is 0 Å². The van der Waals surface area contributed by atoms with Crippen LogP contribution in [0.5, 0.6) is 0 Å². The Bertz CT molecular complexity index is 181. The minimum Gasteiger partial charge on any atom is -0.327 e. The number of nitrogens with zero attached hydrogens (tertiary/aromatic N) is 1. The first kappa shape index (κ1) is 10.4. The Morgan fingerprint density at radius 3 is 2.86 bits per heavy atom. The van der Waals surface area contributed by atoms with Crippen LogP contribution in [0.4, 0.5) is 0 Å². The lowest BCUT2D eigenvalue weighted by Gasteiger charge is -2.39. The van der Waals surface area contributed by atoms with Gasteiger partial charge in [0.15, 0.2) is 0 Å². The molecular weight excluding hydrogens is 172 g/mol. The molecule has 2 nitrogen and oxygen atoms in total. The highest BCUT2D eigenvalue weighted by molar-refractivity contribution is 4.90. The van der Waals surface area contributed by atoms with E-state index in [1.54, 1.807) is 0 Å². The maximum atomic E-state index is 6.04. The molecule has 1 heterocycles. The van der Waals surface area contributed by atoms with Crippen LogP contribution in [0.15, 0.2) is 0 Å². The highest BCUT2D eigenvalue weighted by atomic mass is 15.2. The summed E-state index contributed by atoms with van der Waals surface area (Å²) in [4.78, 5) is 2.68. The van der Waals surface area contributed by atoms with Gasteiger partial charge in [-0.3, -0.25) is 4.90 Å². The third-order valence-electron chi connectivity index (χ3n) is 4.10. The van der Waals surface area contributed by atoms with Gasteiger partial charge in [0.05, 0.1) is 0 Å². The summed E-state index contributed by atoms with van der Waals surface area (Å²) in [5.74, 6) is 1.01. The van der Waals surface area contributed by atoms with E-state index in [0.29, 0.717) is 6.04 Å². The van der Waals surface area contributed by atoms with Crippen molar-refractivity contribution >= 4 is 0 Å². The minimum absolute atomic E-state index is 0.398. The fraction of sp³-hybridized carbons (Fsp3) is 1.00. The summed E-state index contributed by atoms with van der Waals surface area (Å²) in [7, 11) is 0. The number of fused-ring (bicyclic) bond motifs is 1.